The third kappa shape index (κ3) is 2.25. The third-order valence-electron chi connectivity index (χ3n) is 3.03. The zero-order valence-corrected chi connectivity index (χ0v) is 9.75. The molecule has 1 saturated carbocycles. The molecule has 4 heteroatoms. The van der Waals surface area contributed by atoms with Crippen molar-refractivity contribution in [3.8, 4) is 0 Å². The van der Waals surface area contributed by atoms with Gasteiger partial charge in [0.05, 0.1) is 6.04 Å². The van der Waals surface area contributed by atoms with Gasteiger partial charge >= 0.3 is 6.09 Å². The van der Waals surface area contributed by atoms with E-state index in [0.717, 1.165) is 19.5 Å². The second-order valence-corrected chi connectivity index (χ2v) is 5.38. The minimum Gasteiger partial charge on any atom is -0.444 e. The SMILES string of the molecule is CC(C)(C)OC(=O)N1CCN[C@H]2CC[C@H]21. The van der Waals surface area contributed by atoms with E-state index in [4.69, 9.17) is 4.74 Å². The molecule has 2 atom stereocenters. The Morgan fingerprint density at radius 2 is 2.13 bits per heavy atom. The van der Waals surface area contributed by atoms with Crippen LogP contribution in [0.25, 0.3) is 0 Å². The number of nitrogens with zero attached hydrogens (tertiary/aromatic N) is 1. The molecule has 0 unspecified atom stereocenters. The minimum atomic E-state index is -0.388. The van der Waals surface area contributed by atoms with E-state index in [-0.39, 0.29) is 11.7 Å². The maximum atomic E-state index is 11.9. The highest BCUT2D eigenvalue weighted by Gasteiger charge is 2.41. The number of hydrogen-bond donors (Lipinski definition) is 1. The van der Waals surface area contributed by atoms with Gasteiger partial charge in [-0.15, -0.1) is 0 Å². The lowest BCUT2D eigenvalue weighted by Crippen LogP contribution is -2.65. The van der Waals surface area contributed by atoms with E-state index in [9.17, 15) is 4.79 Å². The smallest absolute Gasteiger partial charge is 0.410 e. The summed E-state index contributed by atoms with van der Waals surface area (Å²) in [6.45, 7) is 7.39. The van der Waals surface area contributed by atoms with Crippen LogP contribution in [0.1, 0.15) is 33.6 Å². The van der Waals surface area contributed by atoms with Crippen LogP contribution in [0, 0.1) is 0 Å². The highest BCUT2D eigenvalue weighted by atomic mass is 16.6. The molecule has 86 valence electrons. The van der Waals surface area contributed by atoms with Crippen LogP contribution in [0.15, 0.2) is 0 Å². The number of carbonyl (C=O) groups excluding carboxylic acids is 1. The number of nitrogens with one attached hydrogen (secondary N) is 1. The average molecular weight is 212 g/mol. The van der Waals surface area contributed by atoms with Crippen LogP contribution in [0.4, 0.5) is 4.79 Å². The highest BCUT2D eigenvalue weighted by molar-refractivity contribution is 5.69. The van der Waals surface area contributed by atoms with Crippen molar-refractivity contribution >= 4 is 6.09 Å². The molecule has 1 aliphatic carbocycles. The molecule has 0 spiro atoms. The van der Waals surface area contributed by atoms with Gasteiger partial charge in [0, 0.05) is 19.1 Å². The molecule has 0 aromatic rings. The van der Waals surface area contributed by atoms with Gasteiger partial charge in [0.2, 0.25) is 0 Å². The fourth-order valence-electron chi connectivity index (χ4n) is 2.18. The Morgan fingerprint density at radius 1 is 1.40 bits per heavy atom. The zero-order chi connectivity index (χ0) is 11.1. The highest BCUT2D eigenvalue weighted by Crippen LogP contribution is 2.29. The van der Waals surface area contributed by atoms with Gasteiger partial charge in [-0.2, -0.15) is 0 Å². The number of amides is 1. The second kappa shape index (κ2) is 3.67. The van der Waals surface area contributed by atoms with Gasteiger partial charge in [0.15, 0.2) is 0 Å². The van der Waals surface area contributed by atoms with Crippen molar-refractivity contribution in [2.45, 2.75) is 51.3 Å². The quantitative estimate of drug-likeness (QED) is 0.659. The summed E-state index contributed by atoms with van der Waals surface area (Å²) < 4.78 is 5.39. The number of rotatable bonds is 0. The first-order chi connectivity index (χ1) is 6.97. The van der Waals surface area contributed by atoms with Gasteiger partial charge in [0.25, 0.3) is 0 Å². The molecule has 0 bridgehead atoms. The molecule has 1 saturated heterocycles. The monoisotopic (exact) mass is 212 g/mol. The molecular formula is C11H20N2O2. The summed E-state index contributed by atoms with van der Waals surface area (Å²) in [4.78, 5) is 13.8. The molecule has 15 heavy (non-hydrogen) atoms. The number of fused-ring (bicyclic) bond motifs is 1. The first-order valence-electron chi connectivity index (χ1n) is 5.70. The predicted octanol–water partition coefficient (Wildman–Crippen LogP) is 1.36. The largest absolute Gasteiger partial charge is 0.444 e. The summed E-state index contributed by atoms with van der Waals surface area (Å²) >= 11 is 0. The maximum absolute atomic E-state index is 11.9. The van der Waals surface area contributed by atoms with Crippen LogP contribution in [0.5, 0.6) is 0 Å². The summed E-state index contributed by atoms with van der Waals surface area (Å²) in [5.41, 5.74) is -0.388. The second-order valence-electron chi connectivity index (χ2n) is 5.38. The molecule has 0 aromatic carbocycles. The topological polar surface area (TPSA) is 41.6 Å². The molecular weight excluding hydrogens is 192 g/mol. The van der Waals surface area contributed by atoms with E-state index < -0.39 is 0 Å². The van der Waals surface area contributed by atoms with E-state index in [2.05, 4.69) is 5.32 Å². The first-order valence-corrected chi connectivity index (χ1v) is 5.70. The molecule has 2 rings (SSSR count). The fraction of sp³-hybridized carbons (Fsp3) is 0.909. The zero-order valence-electron chi connectivity index (χ0n) is 9.75. The fourth-order valence-corrected chi connectivity index (χ4v) is 2.18. The van der Waals surface area contributed by atoms with Crippen molar-refractivity contribution in [1.29, 1.82) is 0 Å². The molecule has 1 heterocycles. The Hall–Kier alpha value is -0.770. The van der Waals surface area contributed by atoms with Crippen molar-refractivity contribution in [2.24, 2.45) is 0 Å². The van der Waals surface area contributed by atoms with E-state index in [1.165, 1.54) is 6.42 Å². The van der Waals surface area contributed by atoms with Gasteiger partial charge in [-0.05, 0) is 33.6 Å². The predicted molar refractivity (Wildman–Crippen MR) is 57.8 cm³/mol. The van der Waals surface area contributed by atoms with Crippen LogP contribution in [0.3, 0.4) is 0 Å². The Bertz CT molecular complexity index is 260. The maximum Gasteiger partial charge on any atom is 0.410 e. The lowest BCUT2D eigenvalue weighted by Gasteiger charge is -2.48. The van der Waals surface area contributed by atoms with Gasteiger partial charge in [-0.1, -0.05) is 0 Å². The molecule has 1 N–H and O–H groups in total. The van der Waals surface area contributed by atoms with Crippen molar-refractivity contribution in [1.82, 2.24) is 10.2 Å². The molecule has 1 aliphatic heterocycles. The van der Waals surface area contributed by atoms with Gasteiger partial charge in [-0.25, -0.2) is 4.79 Å². The summed E-state index contributed by atoms with van der Waals surface area (Å²) in [7, 11) is 0. The first kappa shape index (κ1) is 10.7. The van der Waals surface area contributed by atoms with Crippen molar-refractivity contribution < 1.29 is 9.53 Å². The lowest BCUT2D eigenvalue weighted by molar-refractivity contribution is -0.0104. The molecule has 4 nitrogen and oxygen atoms in total. The van der Waals surface area contributed by atoms with Crippen molar-refractivity contribution in [3.05, 3.63) is 0 Å². The van der Waals surface area contributed by atoms with Gasteiger partial charge in [0.1, 0.15) is 5.60 Å². The Balaban J connectivity index is 1.94. The van der Waals surface area contributed by atoms with Gasteiger partial charge in [-0.3, -0.25) is 0 Å². The summed E-state index contributed by atoms with van der Waals surface area (Å²) in [6.07, 6.45) is 2.14. The molecule has 0 radical (unpaired) electrons. The number of piperazine rings is 1. The van der Waals surface area contributed by atoms with Crippen LogP contribution < -0.4 is 5.32 Å². The minimum absolute atomic E-state index is 0.154. The summed E-state index contributed by atoms with van der Waals surface area (Å²) in [6, 6.07) is 0.875. The molecule has 2 fully saturated rings. The van der Waals surface area contributed by atoms with E-state index in [1.807, 2.05) is 25.7 Å². The standard InChI is InChI=1S/C11H20N2O2/c1-11(2,3)15-10(14)13-7-6-12-8-4-5-9(8)13/h8-9,12H,4-7H2,1-3H3/t8-,9+/m0/s1. The van der Waals surface area contributed by atoms with Crippen LogP contribution in [0.2, 0.25) is 0 Å². The number of ether oxygens (including phenoxy) is 1. The summed E-state index contributed by atoms with van der Waals surface area (Å²) in [5, 5.41) is 3.42. The van der Waals surface area contributed by atoms with Gasteiger partial charge < -0.3 is 15.0 Å². The van der Waals surface area contributed by atoms with Crippen molar-refractivity contribution in [2.75, 3.05) is 13.1 Å². The third-order valence-corrected chi connectivity index (χ3v) is 3.03. The van der Waals surface area contributed by atoms with Crippen LogP contribution in [-0.4, -0.2) is 41.8 Å². The van der Waals surface area contributed by atoms with E-state index in [0.29, 0.717) is 12.1 Å². The molecule has 1 amide bonds. The normalized spacial score (nSPS) is 30.5. The average Bonchev–Trinajstić information content (AvgIpc) is 2.03. The van der Waals surface area contributed by atoms with Crippen molar-refractivity contribution in [3.63, 3.8) is 0 Å². The molecule has 0 aromatic heterocycles. The lowest BCUT2D eigenvalue weighted by atomic mass is 9.83. The van der Waals surface area contributed by atoms with Crippen LogP contribution in [-0.2, 0) is 4.74 Å². The Morgan fingerprint density at radius 3 is 2.67 bits per heavy atom. The Labute approximate surface area is 91.0 Å². The summed E-state index contributed by atoms with van der Waals surface area (Å²) in [5.74, 6) is 0. The number of carbonyl (C=O) groups is 1. The van der Waals surface area contributed by atoms with Crippen LogP contribution >= 0.6 is 0 Å². The Kier molecular flexibility index (Phi) is 2.63. The number of hydrogen-bond acceptors (Lipinski definition) is 3. The van der Waals surface area contributed by atoms with E-state index in [1.54, 1.807) is 0 Å². The van der Waals surface area contributed by atoms with E-state index >= 15 is 0 Å². The molecule has 2 aliphatic rings.